The average molecular weight is 564 g/mol. The first kappa shape index (κ1) is 23.9. The zero-order valence-corrected chi connectivity index (χ0v) is 21.3. The third-order valence-electron chi connectivity index (χ3n) is 6.00. The summed E-state index contributed by atoms with van der Waals surface area (Å²) in [6.07, 6.45) is 2.64. The predicted octanol–water partition coefficient (Wildman–Crippen LogP) is 3.66. The Morgan fingerprint density at radius 2 is 1.86 bits per heavy atom. The zero-order valence-electron chi connectivity index (χ0n) is 17.4. The van der Waals surface area contributed by atoms with Crippen LogP contribution < -0.4 is 5.32 Å². The summed E-state index contributed by atoms with van der Waals surface area (Å²) in [6, 6.07) is 9.17. The van der Waals surface area contributed by atoms with Crippen molar-refractivity contribution in [3.05, 3.63) is 34.3 Å². The lowest BCUT2D eigenvalue weighted by Gasteiger charge is -2.40. The summed E-state index contributed by atoms with van der Waals surface area (Å²) in [5.41, 5.74) is 1.38. The second-order valence-corrected chi connectivity index (χ2v) is 8.86. The molecule has 0 radical (unpaired) electrons. The number of piperidine rings is 1. The Kier molecular flexibility index (Phi) is 10.00. The molecule has 1 aromatic carbocycles. The average Bonchev–Trinajstić information content (AvgIpc) is 2.69. The van der Waals surface area contributed by atoms with Crippen molar-refractivity contribution in [3.8, 4) is 0 Å². The molecule has 3 rings (SSSR count). The minimum atomic E-state index is 0. The van der Waals surface area contributed by atoms with Crippen molar-refractivity contribution < 1.29 is 0 Å². The highest BCUT2D eigenvalue weighted by molar-refractivity contribution is 14.0. The standard InChI is InChI=1S/C21H34BrN5.HI/c1-17(19-6-8-20(22)9-7-19)26-11-13-27(14-12-26)21(23-2)24-15-18-5-4-10-25(3)16-18;/h6-9,17-18H,4-5,10-16H2,1-3H3,(H,23,24);1H. The van der Waals surface area contributed by atoms with Gasteiger partial charge in [-0.3, -0.25) is 9.89 Å². The van der Waals surface area contributed by atoms with E-state index in [1.807, 2.05) is 7.05 Å². The van der Waals surface area contributed by atoms with E-state index in [-0.39, 0.29) is 24.0 Å². The molecule has 0 aromatic heterocycles. The topological polar surface area (TPSA) is 34.1 Å². The number of benzene rings is 1. The van der Waals surface area contributed by atoms with Crippen molar-refractivity contribution >= 4 is 45.9 Å². The summed E-state index contributed by atoms with van der Waals surface area (Å²) in [4.78, 5) is 12.0. The van der Waals surface area contributed by atoms with Crippen molar-refractivity contribution in [3.63, 3.8) is 0 Å². The molecule has 0 amide bonds. The number of guanidine groups is 1. The van der Waals surface area contributed by atoms with Crippen LogP contribution in [0, 0.1) is 5.92 Å². The molecule has 2 atom stereocenters. The number of halogens is 2. The van der Waals surface area contributed by atoms with Gasteiger partial charge in [0.05, 0.1) is 0 Å². The van der Waals surface area contributed by atoms with E-state index in [1.165, 1.54) is 31.5 Å². The third-order valence-corrected chi connectivity index (χ3v) is 6.53. The summed E-state index contributed by atoms with van der Waals surface area (Å²) < 4.78 is 1.14. The van der Waals surface area contributed by atoms with Gasteiger partial charge in [-0.1, -0.05) is 28.1 Å². The highest BCUT2D eigenvalue weighted by Gasteiger charge is 2.24. The predicted molar refractivity (Wildman–Crippen MR) is 133 cm³/mol. The quantitative estimate of drug-likeness (QED) is 0.344. The molecule has 0 saturated carbocycles. The summed E-state index contributed by atoms with van der Waals surface area (Å²) in [5, 5.41) is 3.64. The van der Waals surface area contributed by atoms with Crippen molar-refractivity contribution in [2.24, 2.45) is 10.9 Å². The maximum absolute atomic E-state index is 4.55. The van der Waals surface area contributed by atoms with E-state index in [1.54, 1.807) is 0 Å². The second-order valence-electron chi connectivity index (χ2n) is 7.95. The van der Waals surface area contributed by atoms with Gasteiger partial charge in [0.15, 0.2) is 5.96 Å². The van der Waals surface area contributed by atoms with E-state index in [9.17, 15) is 0 Å². The SMILES string of the molecule is CN=C(NCC1CCCN(C)C1)N1CCN(C(C)c2ccc(Br)cc2)CC1.I. The van der Waals surface area contributed by atoms with Crippen LogP contribution >= 0.6 is 39.9 Å². The minimum Gasteiger partial charge on any atom is -0.356 e. The fourth-order valence-corrected chi connectivity index (χ4v) is 4.55. The number of rotatable bonds is 4. The highest BCUT2D eigenvalue weighted by atomic mass is 127. The van der Waals surface area contributed by atoms with E-state index >= 15 is 0 Å². The van der Waals surface area contributed by atoms with E-state index in [2.05, 4.69) is 79.2 Å². The molecule has 2 fully saturated rings. The molecule has 0 bridgehead atoms. The Morgan fingerprint density at radius 1 is 1.18 bits per heavy atom. The third kappa shape index (κ3) is 6.57. The molecule has 5 nitrogen and oxygen atoms in total. The second kappa shape index (κ2) is 11.7. The van der Waals surface area contributed by atoms with Gasteiger partial charge in [0.2, 0.25) is 0 Å². The van der Waals surface area contributed by atoms with Gasteiger partial charge in [0.25, 0.3) is 0 Å². The number of nitrogens with one attached hydrogen (secondary N) is 1. The molecule has 1 N–H and O–H groups in total. The largest absolute Gasteiger partial charge is 0.356 e. The molecule has 1 aromatic rings. The molecule has 2 aliphatic rings. The maximum atomic E-state index is 4.55. The van der Waals surface area contributed by atoms with Gasteiger partial charge in [-0.15, -0.1) is 24.0 Å². The van der Waals surface area contributed by atoms with E-state index in [0.29, 0.717) is 6.04 Å². The number of likely N-dealkylation sites (tertiary alicyclic amines) is 1. The van der Waals surface area contributed by atoms with Crippen molar-refractivity contribution in [1.82, 2.24) is 20.0 Å². The summed E-state index contributed by atoms with van der Waals surface area (Å²) >= 11 is 3.53. The normalized spacial score (nSPS) is 23.2. The number of aliphatic imine (C=N–C) groups is 1. The Hall–Kier alpha value is -0.380. The number of hydrogen-bond acceptors (Lipinski definition) is 3. The van der Waals surface area contributed by atoms with E-state index < -0.39 is 0 Å². The molecule has 2 unspecified atom stereocenters. The molecular formula is C21H35BrIN5. The first-order valence-electron chi connectivity index (χ1n) is 10.2. The molecule has 28 heavy (non-hydrogen) atoms. The van der Waals surface area contributed by atoms with Crippen molar-refractivity contribution in [2.45, 2.75) is 25.8 Å². The Bertz CT molecular complexity index is 616. The maximum Gasteiger partial charge on any atom is 0.193 e. The lowest BCUT2D eigenvalue weighted by atomic mass is 9.98. The van der Waals surface area contributed by atoms with Crippen LogP contribution in [-0.2, 0) is 0 Å². The Labute approximate surface area is 196 Å². The van der Waals surface area contributed by atoms with Gasteiger partial charge in [0.1, 0.15) is 0 Å². The van der Waals surface area contributed by atoms with Crippen molar-refractivity contribution in [2.75, 3.05) is 59.9 Å². The van der Waals surface area contributed by atoms with Crippen LogP contribution in [0.4, 0.5) is 0 Å². The highest BCUT2D eigenvalue weighted by Crippen LogP contribution is 2.23. The van der Waals surface area contributed by atoms with Crippen LogP contribution in [0.5, 0.6) is 0 Å². The molecule has 2 saturated heterocycles. The Morgan fingerprint density at radius 3 is 2.46 bits per heavy atom. The number of hydrogen-bond donors (Lipinski definition) is 1. The van der Waals surface area contributed by atoms with Gasteiger partial charge < -0.3 is 15.1 Å². The number of nitrogens with zero attached hydrogens (tertiary/aromatic N) is 4. The van der Waals surface area contributed by atoms with Crippen molar-refractivity contribution in [1.29, 1.82) is 0 Å². The summed E-state index contributed by atoms with van der Waals surface area (Å²) in [7, 11) is 4.14. The fraction of sp³-hybridized carbons (Fsp3) is 0.667. The smallest absolute Gasteiger partial charge is 0.193 e. The lowest BCUT2D eigenvalue weighted by Crippen LogP contribution is -2.53. The van der Waals surface area contributed by atoms with Gasteiger partial charge in [-0.2, -0.15) is 0 Å². The Balaban J connectivity index is 0.00000280. The lowest BCUT2D eigenvalue weighted by molar-refractivity contribution is 0.137. The zero-order chi connectivity index (χ0) is 19.2. The monoisotopic (exact) mass is 563 g/mol. The molecule has 7 heteroatoms. The summed E-state index contributed by atoms with van der Waals surface area (Å²) in [6.45, 7) is 9.99. The van der Waals surface area contributed by atoms with Crippen LogP contribution in [-0.4, -0.2) is 80.6 Å². The molecule has 0 spiro atoms. The first-order chi connectivity index (χ1) is 13.1. The van der Waals surface area contributed by atoms with Gasteiger partial charge >= 0.3 is 0 Å². The van der Waals surface area contributed by atoms with Crippen LogP contribution in [0.1, 0.15) is 31.4 Å². The van der Waals surface area contributed by atoms with Gasteiger partial charge in [-0.25, -0.2) is 0 Å². The van der Waals surface area contributed by atoms with Gasteiger partial charge in [-0.05, 0) is 57.0 Å². The molecule has 158 valence electrons. The number of piperazine rings is 1. The van der Waals surface area contributed by atoms with Crippen LogP contribution in [0.25, 0.3) is 0 Å². The first-order valence-corrected chi connectivity index (χ1v) is 11.0. The molecule has 0 aliphatic carbocycles. The molecule has 2 aliphatic heterocycles. The van der Waals surface area contributed by atoms with Crippen LogP contribution in [0.2, 0.25) is 0 Å². The molecular weight excluding hydrogens is 529 g/mol. The minimum absolute atomic E-state index is 0. The van der Waals surface area contributed by atoms with Crippen LogP contribution in [0.3, 0.4) is 0 Å². The van der Waals surface area contributed by atoms with Gasteiger partial charge in [0, 0.05) is 56.8 Å². The fourth-order valence-electron chi connectivity index (χ4n) is 4.28. The van der Waals surface area contributed by atoms with E-state index in [4.69, 9.17) is 0 Å². The van der Waals surface area contributed by atoms with Crippen LogP contribution in [0.15, 0.2) is 33.7 Å². The van der Waals surface area contributed by atoms with E-state index in [0.717, 1.165) is 49.1 Å². The molecule has 2 heterocycles. The summed E-state index contributed by atoms with van der Waals surface area (Å²) in [5.74, 6) is 1.80.